The first-order chi connectivity index (χ1) is 8.15. The molecule has 5 nitrogen and oxygen atoms in total. The summed E-state index contributed by atoms with van der Waals surface area (Å²) in [4.78, 5) is 27.5. The van der Waals surface area contributed by atoms with E-state index in [4.69, 9.17) is 5.73 Å². The number of nitrogens with zero attached hydrogens (tertiary/aromatic N) is 2. The Morgan fingerprint density at radius 1 is 1.47 bits per heavy atom. The van der Waals surface area contributed by atoms with Crippen molar-refractivity contribution in [1.82, 2.24) is 9.80 Å². The van der Waals surface area contributed by atoms with Crippen LogP contribution in [0.4, 0.5) is 0 Å². The molecule has 96 valence electrons. The molecule has 2 atom stereocenters. The normalized spacial score (nSPS) is 29.2. The van der Waals surface area contributed by atoms with E-state index in [0.29, 0.717) is 32.0 Å². The predicted molar refractivity (Wildman–Crippen MR) is 64.1 cm³/mol. The van der Waals surface area contributed by atoms with Crippen LogP contribution in [0.15, 0.2) is 0 Å². The molecule has 17 heavy (non-hydrogen) atoms. The van der Waals surface area contributed by atoms with Crippen molar-refractivity contribution in [3.05, 3.63) is 0 Å². The van der Waals surface area contributed by atoms with Gasteiger partial charge in [0.15, 0.2) is 0 Å². The highest BCUT2D eigenvalue weighted by Crippen LogP contribution is 2.23. The Kier molecular flexibility index (Phi) is 3.66. The zero-order valence-corrected chi connectivity index (χ0v) is 10.4. The Morgan fingerprint density at radius 3 is 2.76 bits per heavy atom. The topological polar surface area (TPSA) is 66.6 Å². The predicted octanol–water partition coefficient (Wildman–Crippen LogP) is -0.338. The molecule has 0 aliphatic carbocycles. The van der Waals surface area contributed by atoms with Gasteiger partial charge in [0.2, 0.25) is 11.8 Å². The maximum Gasteiger partial charge on any atom is 0.228 e. The van der Waals surface area contributed by atoms with Crippen molar-refractivity contribution in [1.29, 1.82) is 0 Å². The number of likely N-dealkylation sites (tertiary alicyclic amines) is 2. The molecule has 0 radical (unpaired) electrons. The van der Waals surface area contributed by atoms with Gasteiger partial charge in [0, 0.05) is 32.6 Å². The number of amides is 2. The minimum atomic E-state index is -0.126. The molecule has 5 heteroatoms. The van der Waals surface area contributed by atoms with E-state index in [9.17, 15) is 9.59 Å². The monoisotopic (exact) mass is 239 g/mol. The highest BCUT2D eigenvalue weighted by molar-refractivity contribution is 5.89. The highest BCUT2D eigenvalue weighted by atomic mass is 16.2. The molecule has 0 aromatic carbocycles. The lowest BCUT2D eigenvalue weighted by Gasteiger charge is -2.20. The molecule has 2 N–H and O–H groups in total. The van der Waals surface area contributed by atoms with Crippen molar-refractivity contribution >= 4 is 11.8 Å². The van der Waals surface area contributed by atoms with E-state index in [-0.39, 0.29) is 17.7 Å². The van der Waals surface area contributed by atoms with Gasteiger partial charge in [-0.1, -0.05) is 0 Å². The Morgan fingerprint density at radius 2 is 2.24 bits per heavy atom. The average Bonchev–Trinajstić information content (AvgIpc) is 2.94. The zero-order chi connectivity index (χ0) is 12.4. The second-order valence-corrected chi connectivity index (χ2v) is 5.01. The number of hydrogen-bond donors (Lipinski definition) is 1. The molecule has 2 aliphatic heterocycles. The van der Waals surface area contributed by atoms with Crippen molar-refractivity contribution in [2.24, 2.45) is 17.6 Å². The number of carbonyl (C=O) groups is 2. The molecule has 0 spiro atoms. The summed E-state index contributed by atoms with van der Waals surface area (Å²) in [6, 6.07) is 0. The molecule has 0 aromatic heterocycles. The summed E-state index contributed by atoms with van der Waals surface area (Å²) >= 11 is 0. The van der Waals surface area contributed by atoms with Crippen molar-refractivity contribution in [3.63, 3.8) is 0 Å². The molecular weight excluding hydrogens is 218 g/mol. The van der Waals surface area contributed by atoms with Crippen molar-refractivity contribution < 1.29 is 9.59 Å². The summed E-state index contributed by atoms with van der Waals surface area (Å²) in [5.74, 6) is 0.572. The van der Waals surface area contributed by atoms with Crippen molar-refractivity contribution in [2.45, 2.75) is 19.8 Å². The summed E-state index contributed by atoms with van der Waals surface area (Å²) in [6.07, 6.45) is 1.39. The minimum Gasteiger partial charge on any atom is -0.342 e. The van der Waals surface area contributed by atoms with Gasteiger partial charge >= 0.3 is 0 Å². The van der Waals surface area contributed by atoms with Crippen molar-refractivity contribution in [3.8, 4) is 0 Å². The number of rotatable bonds is 3. The summed E-state index contributed by atoms with van der Waals surface area (Å²) in [6.45, 7) is 5.47. The standard InChI is InChI=1S/C12H21N3O2/c1-2-14-8-10(5-11(14)16)12(17)15-4-3-9(6-13)7-15/h9-10H,2-8,13H2,1H3. The molecule has 2 heterocycles. The second kappa shape index (κ2) is 5.04. The van der Waals surface area contributed by atoms with Crippen LogP contribution in [0.2, 0.25) is 0 Å². The van der Waals surface area contributed by atoms with Gasteiger partial charge in [-0.25, -0.2) is 0 Å². The third-order valence-corrected chi connectivity index (χ3v) is 3.88. The highest BCUT2D eigenvalue weighted by Gasteiger charge is 2.37. The minimum absolute atomic E-state index is 0.112. The van der Waals surface area contributed by atoms with Gasteiger partial charge < -0.3 is 15.5 Å². The Balaban J connectivity index is 1.91. The SMILES string of the molecule is CCN1CC(C(=O)N2CCC(CN)C2)CC1=O. The van der Waals surface area contributed by atoms with E-state index in [0.717, 1.165) is 19.5 Å². The largest absolute Gasteiger partial charge is 0.342 e. The summed E-state index contributed by atoms with van der Waals surface area (Å²) in [5, 5.41) is 0. The van der Waals surface area contributed by atoms with E-state index in [1.54, 1.807) is 4.90 Å². The molecule has 2 amide bonds. The summed E-state index contributed by atoms with van der Waals surface area (Å²) < 4.78 is 0. The average molecular weight is 239 g/mol. The lowest BCUT2D eigenvalue weighted by atomic mass is 10.1. The van der Waals surface area contributed by atoms with Crippen molar-refractivity contribution in [2.75, 3.05) is 32.7 Å². The first-order valence-corrected chi connectivity index (χ1v) is 6.42. The Bertz CT molecular complexity index is 319. The van der Waals surface area contributed by atoms with Crippen LogP contribution < -0.4 is 5.73 Å². The van der Waals surface area contributed by atoms with Crippen LogP contribution in [0.3, 0.4) is 0 Å². The summed E-state index contributed by atoms with van der Waals surface area (Å²) in [5.41, 5.74) is 5.61. The lowest BCUT2D eigenvalue weighted by molar-refractivity contribution is -0.135. The van der Waals surface area contributed by atoms with Crippen LogP contribution in [0.5, 0.6) is 0 Å². The third-order valence-electron chi connectivity index (χ3n) is 3.88. The van der Waals surface area contributed by atoms with Crippen LogP contribution in [0.25, 0.3) is 0 Å². The van der Waals surface area contributed by atoms with Gasteiger partial charge in [0.25, 0.3) is 0 Å². The van der Waals surface area contributed by atoms with E-state index in [1.807, 2.05) is 11.8 Å². The van der Waals surface area contributed by atoms with Gasteiger partial charge in [-0.05, 0) is 25.8 Å². The van der Waals surface area contributed by atoms with E-state index in [1.165, 1.54) is 0 Å². The second-order valence-electron chi connectivity index (χ2n) is 5.01. The van der Waals surface area contributed by atoms with Gasteiger partial charge in [0.05, 0.1) is 5.92 Å². The molecule has 0 bridgehead atoms. The first kappa shape index (κ1) is 12.4. The Hall–Kier alpha value is -1.10. The van der Waals surface area contributed by atoms with Gasteiger partial charge in [0.1, 0.15) is 0 Å². The molecule has 2 unspecified atom stereocenters. The fourth-order valence-electron chi connectivity index (χ4n) is 2.73. The molecule has 2 fully saturated rings. The zero-order valence-electron chi connectivity index (χ0n) is 10.4. The number of hydrogen-bond acceptors (Lipinski definition) is 3. The molecule has 2 rings (SSSR count). The van der Waals surface area contributed by atoms with Gasteiger partial charge in [-0.3, -0.25) is 9.59 Å². The summed E-state index contributed by atoms with van der Waals surface area (Å²) in [7, 11) is 0. The van der Waals surface area contributed by atoms with Gasteiger partial charge in [-0.15, -0.1) is 0 Å². The Labute approximate surface area is 102 Å². The number of nitrogens with two attached hydrogens (primary N) is 1. The number of carbonyl (C=O) groups excluding carboxylic acids is 2. The smallest absolute Gasteiger partial charge is 0.228 e. The fraction of sp³-hybridized carbons (Fsp3) is 0.833. The molecular formula is C12H21N3O2. The molecule has 2 saturated heterocycles. The third kappa shape index (κ3) is 2.44. The van der Waals surface area contributed by atoms with Crippen LogP contribution in [0.1, 0.15) is 19.8 Å². The van der Waals surface area contributed by atoms with Crippen LogP contribution >= 0.6 is 0 Å². The van der Waals surface area contributed by atoms with Crippen LogP contribution in [-0.2, 0) is 9.59 Å². The first-order valence-electron chi connectivity index (χ1n) is 6.42. The van der Waals surface area contributed by atoms with E-state index < -0.39 is 0 Å². The maximum absolute atomic E-state index is 12.2. The van der Waals surface area contributed by atoms with Crippen LogP contribution in [-0.4, -0.2) is 54.3 Å². The molecule has 0 saturated carbocycles. The van der Waals surface area contributed by atoms with E-state index in [2.05, 4.69) is 0 Å². The lowest BCUT2D eigenvalue weighted by Crippen LogP contribution is -2.36. The quantitative estimate of drug-likeness (QED) is 0.733. The van der Waals surface area contributed by atoms with Crippen LogP contribution in [0, 0.1) is 11.8 Å². The fourth-order valence-corrected chi connectivity index (χ4v) is 2.73. The van der Waals surface area contributed by atoms with Gasteiger partial charge in [-0.2, -0.15) is 0 Å². The maximum atomic E-state index is 12.2. The molecule has 0 aromatic rings. The van der Waals surface area contributed by atoms with E-state index >= 15 is 0 Å². The molecule has 2 aliphatic rings.